The summed E-state index contributed by atoms with van der Waals surface area (Å²) in [5.74, 6) is -0.124. The fourth-order valence-corrected chi connectivity index (χ4v) is 9.04. The number of carbonyl (C=O) groups is 1. The third-order valence-corrected chi connectivity index (χ3v) is 14.0. The molecule has 450 valence electrons. The average molecular weight is 1080 g/mol. The first kappa shape index (κ1) is 74.7. The normalized spacial score (nSPS) is 12.4. The van der Waals surface area contributed by atoms with E-state index in [1.807, 2.05) is 0 Å². The monoisotopic (exact) mass is 1080 g/mol. The first-order chi connectivity index (χ1) is 38.1. The van der Waals surface area contributed by atoms with Crippen molar-refractivity contribution in [1.29, 1.82) is 0 Å². The second-order valence-corrected chi connectivity index (χ2v) is 21.7. The van der Waals surface area contributed by atoms with Gasteiger partial charge >= 0.3 is 5.97 Å². The van der Waals surface area contributed by atoms with Gasteiger partial charge in [-0.2, -0.15) is 0 Å². The van der Waals surface area contributed by atoms with E-state index in [0.29, 0.717) is 40.0 Å². The van der Waals surface area contributed by atoms with Crippen LogP contribution in [0.1, 0.15) is 290 Å². The first-order valence-electron chi connectivity index (χ1n) is 32.8. The van der Waals surface area contributed by atoms with Gasteiger partial charge in [-0.15, -0.1) is 0 Å². The Labute approximate surface area is 478 Å². The number of carbonyl (C=O) groups excluding carboxylic acids is 1. The van der Waals surface area contributed by atoms with Crippen LogP contribution in [-0.4, -0.2) is 83.9 Å². The van der Waals surface area contributed by atoms with E-state index < -0.39 is 0 Å². The highest BCUT2D eigenvalue weighted by molar-refractivity contribution is 5.69. The second kappa shape index (κ2) is 67.9. The molecule has 0 heterocycles. The van der Waals surface area contributed by atoms with Crippen molar-refractivity contribution in [2.75, 3.05) is 66.9 Å². The van der Waals surface area contributed by atoms with Crippen LogP contribution in [0.15, 0.2) is 72.9 Å². The van der Waals surface area contributed by atoms with Crippen molar-refractivity contribution in [3.63, 3.8) is 0 Å². The highest BCUT2D eigenvalue weighted by Gasteiger charge is 2.15. The molecule has 0 aromatic carbocycles. The van der Waals surface area contributed by atoms with E-state index in [0.717, 1.165) is 97.0 Å². The van der Waals surface area contributed by atoms with E-state index in [4.69, 9.17) is 28.4 Å². The maximum Gasteiger partial charge on any atom is 0.306 e. The van der Waals surface area contributed by atoms with Gasteiger partial charge in [0, 0.05) is 46.0 Å². The molecule has 0 aliphatic rings. The van der Waals surface area contributed by atoms with Gasteiger partial charge in [-0.3, -0.25) is 9.69 Å². The van der Waals surface area contributed by atoms with Gasteiger partial charge in [0.25, 0.3) is 0 Å². The zero-order valence-electron chi connectivity index (χ0n) is 51.4. The van der Waals surface area contributed by atoms with E-state index in [2.05, 4.69) is 106 Å². The molecule has 8 nitrogen and oxygen atoms in total. The van der Waals surface area contributed by atoms with Crippen LogP contribution in [0.3, 0.4) is 0 Å². The number of ether oxygens (including phenoxy) is 6. The molecular formula is C69H127NO7. The van der Waals surface area contributed by atoms with Crippen molar-refractivity contribution in [2.24, 2.45) is 0 Å². The van der Waals surface area contributed by atoms with E-state index in [9.17, 15) is 4.79 Å². The Morgan fingerprint density at radius 1 is 0.351 bits per heavy atom. The van der Waals surface area contributed by atoms with Crippen LogP contribution < -0.4 is 0 Å². The first-order valence-corrected chi connectivity index (χ1v) is 32.8. The summed E-state index contributed by atoms with van der Waals surface area (Å²) in [4.78, 5) is 15.2. The molecule has 0 bridgehead atoms. The van der Waals surface area contributed by atoms with Gasteiger partial charge in [-0.1, -0.05) is 209 Å². The molecule has 77 heavy (non-hydrogen) atoms. The minimum Gasteiger partial charge on any atom is -0.462 e. The van der Waals surface area contributed by atoms with Crippen molar-refractivity contribution in [1.82, 2.24) is 4.90 Å². The number of rotatable bonds is 64. The van der Waals surface area contributed by atoms with Crippen LogP contribution in [-0.2, 0) is 33.2 Å². The third kappa shape index (κ3) is 66.1. The van der Waals surface area contributed by atoms with Gasteiger partial charge < -0.3 is 28.4 Å². The molecule has 0 radical (unpaired) electrons. The quantitative estimate of drug-likeness (QED) is 0.0258. The Kier molecular flexibility index (Phi) is 65.9. The summed E-state index contributed by atoms with van der Waals surface area (Å²) >= 11 is 0. The fraction of sp³-hybridized carbons (Fsp3) is 0.812. The molecule has 0 unspecified atom stereocenters. The van der Waals surface area contributed by atoms with E-state index in [-0.39, 0.29) is 12.1 Å². The fourth-order valence-electron chi connectivity index (χ4n) is 9.04. The summed E-state index contributed by atoms with van der Waals surface area (Å²) in [6.45, 7) is 12.3. The summed E-state index contributed by atoms with van der Waals surface area (Å²) in [5.41, 5.74) is 0. The molecule has 8 heteroatoms. The molecule has 0 fully saturated rings. The summed E-state index contributed by atoms with van der Waals surface area (Å²) in [6.07, 6.45) is 76.9. The second-order valence-electron chi connectivity index (χ2n) is 21.7. The molecule has 0 aliphatic carbocycles. The van der Waals surface area contributed by atoms with Crippen LogP contribution >= 0.6 is 0 Å². The number of hydrogen-bond acceptors (Lipinski definition) is 8. The van der Waals surface area contributed by atoms with Gasteiger partial charge in [0.05, 0.1) is 6.73 Å². The number of hydrogen-bond donors (Lipinski definition) is 0. The van der Waals surface area contributed by atoms with Gasteiger partial charge in [-0.05, 0) is 155 Å². The standard InChI is InChI=1S/C69H127NO7/c1-5-8-11-14-17-20-23-26-29-32-35-38-41-44-47-50-60-72-65-70(4)59-53-58-69(71)77-68(56-54-63-75-66-73-61-51-48-45-42-39-36-33-30-27-24-21-18-15-12-9-6-2)57-55-64-76-67-74-62-52-49-46-43-40-37-34-31-28-25-22-19-16-13-10-7-3/h17-22,26-31,68H,5-16,23-25,32-67H2,1-4H3/b20-17-,21-18-,22-19-,29-26-,30-27-,31-28-. The van der Waals surface area contributed by atoms with Gasteiger partial charge in [0.1, 0.15) is 19.7 Å². The Morgan fingerprint density at radius 3 is 1.00 bits per heavy atom. The predicted octanol–water partition coefficient (Wildman–Crippen LogP) is 20.6. The van der Waals surface area contributed by atoms with Crippen LogP contribution in [0, 0.1) is 0 Å². The van der Waals surface area contributed by atoms with Crippen LogP contribution in [0.5, 0.6) is 0 Å². The molecule has 0 aromatic heterocycles. The zero-order valence-corrected chi connectivity index (χ0v) is 51.4. The van der Waals surface area contributed by atoms with E-state index >= 15 is 0 Å². The SMILES string of the molecule is CCCCC/C=C\C/C=C\CCCCCCCCOCOCCCC(CCCOCOCCCCCCCC/C=C\C/C=C\CCCCC)OC(=O)CCCN(C)COCCCCCCCC/C=C\C/C=C\CCCCC. The number of allylic oxidation sites excluding steroid dienone is 12. The van der Waals surface area contributed by atoms with Crippen molar-refractivity contribution >= 4 is 5.97 Å². The largest absolute Gasteiger partial charge is 0.462 e. The lowest BCUT2D eigenvalue weighted by molar-refractivity contribution is -0.150. The lowest BCUT2D eigenvalue weighted by Gasteiger charge is -2.19. The predicted molar refractivity (Wildman–Crippen MR) is 333 cm³/mol. The maximum absolute atomic E-state index is 13.0. The zero-order chi connectivity index (χ0) is 55.5. The Bertz CT molecular complexity index is 1270. The van der Waals surface area contributed by atoms with Crippen molar-refractivity contribution < 1.29 is 33.2 Å². The van der Waals surface area contributed by atoms with Crippen LogP contribution in [0.4, 0.5) is 0 Å². The van der Waals surface area contributed by atoms with Crippen molar-refractivity contribution in [2.45, 2.75) is 297 Å². The maximum atomic E-state index is 13.0. The summed E-state index contributed by atoms with van der Waals surface area (Å²) in [7, 11) is 2.06. The van der Waals surface area contributed by atoms with Crippen molar-refractivity contribution in [3.05, 3.63) is 72.9 Å². The molecule has 0 saturated heterocycles. The molecule has 0 aliphatic heterocycles. The summed E-state index contributed by atoms with van der Waals surface area (Å²) in [6, 6.07) is 0. The topological polar surface area (TPSA) is 75.7 Å². The van der Waals surface area contributed by atoms with E-state index in [1.165, 1.54) is 193 Å². The van der Waals surface area contributed by atoms with Crippen LogP contribution in [0.2, 0.25) is 0 Å². The molecule has 0 spiro atoms. The molecular weight excluding hydrogens is 955 g/mol. The number of nitrogens with zero attached hydrogens (tertiary/aromatic N) is 1. The van der Waals surface area contributed by atoms with Gasteiger partial charge in [-0.25, -0.2) is 0 Å². The summed E-state index contributed by atoms with van der Waals surface area (Å²) in [5, 5.41) is 0. The van der Waals surface area contributed by atoms with Crippen molar-refractivity contribution in [3.8, 4) is 0 Å². The summed E-state index contributed by atoms with van der Waals surface area (Å²) < 4.78 is 35.2. The smallest absolute Gasteiger partial charge is 0.306 e. The highest BCUT2D eigenvalue weighted by Crippen LogP contribution is 2.15. The third-order valence-electron chi connectivity index (χ3n) is 14.0. The molecule has 0 saturated carbocycles. The Morgan fingerprint density at radius 2 is 0.649 bits per heavy atom. The Hall–Kier alpha value is -2.33. The number of unbranched alkanes of at least 4 members (excludes halogenated alkanes) is 27. The minimum atomic E-state index is -0.150. The van der Waals surface area contributed by atoms with E-state index in [1.54, 1.807) is 0 Å². The molecule has 0 N–H and O–H groups in total. The molecule has 0 amide bonds. The molecule has 0 aromatic rings. The highest BCUT2D eigenvalue weighted by atomic mass is 16.7. The van der Waals surface area contributed by atoms with Gasteiger partial charge in [0.2, 0.25) is 0 Å². The average Bonchev–Trinajstić information content (AvgIpc) is 3.43. The lowest BCUT2D eigenvalue weighted by atomic mass is 10.1. The minimum absolute atomic E-state index is 0.124. The Balaban J connectivity index is 4.26. The number of esters is 1. The lowest BCUT2D eigenvalue weighted by Crippen LogP contribution is -2.25. The van der Waals surface area contributed by atoms with Crippen LogP contribution in [0.25, 0.3) is 0 Å². The van der Waals surface area contributed by atoms with Gasteiger partial charge in [0.15, 0.2) is 0 Å². The molecule has 0 rings (SSSR count). The molecule has 0 atom stereocenters.